The molecule has 0 bridgehead atoms. The van der Waals surface area contributed by atoms with Crippen LogP contribution in [-0.4, -0.2) is 41.5 Å². The zero-order valence-electron chi connectivity index (χ0n) is 15.0. The Balaban J connectivity index is 1.97. The molecule has 2 atom stereocenters. The third kappa shape index (κ3) is 3.53. The maximum absolute atomic E-state index is 12.8. The summed E-state index contributed by atoms with van der Waals surface area (Å²) in [5, 5.41) is 16.7. The van der Waals surface area contributed by atoms with Crippen molar-refractivity contribution < 1.29 is 19.5 Å². The summed E-state index contributed by atoms with van der Waals surface area (Å²) in [6, 6.07) is 0. The van der Waals surface area contributed by atoms with E-state index < -0.39 is 16.8 Å². The summed E-state index contributed by atoms with van der Waals surface area (Å²) in [5.74, 6) is -1.33. The number of hydrogen-bond donors (Lipinski definition) is 3. The Morgan fingerprint density at radius 1 is 1.36 bits per heavy atom. The van der Waals surface area contributed by atoms with Gasteiger partial charge in [-0.25, -0.2) is 9.78 Å². The van der Waals surface area contributed by atoms with Crippen molar-refractivity contribution in [2.45, 2.75) is 40.0 Å². The van der Waals surface area contributed by atoms with Gasteiger partial charge < -0.3 is 15.7 Å². The summed E-state index contributed by atoms with van der Waals surface area (Å²) in [4.78, 5) is 39.7. The van der Waals surface area contributed by atoms with Gasteiger partial charge in [0.2, 0.25) is 11.8 Å². The highest BCUT2D eigenvalue weighted by Gasteiger charge is 2.57. The van der Waals surface area contributed by atoms with Gasteiger partial charge in [-0.1, -0.05) is 20.8 Å². The molecule has 25 heavy (non-hydrogen) atoms. The van der Waals surface area contributed by atoms with E-state index in [-0.39, 0.29) is 23.4 Å². The Labute approximate surface area is 151 Å². The van der Waals surface area contributed by atoms with Crippen LogP contribution in [0.3, 0.4) is 0 Å². The standard InChI is InChI=1S/C17H25N3O4S/c1-16(2)10(13(21)18-4)5-7-17(16,3)15(24)19-8-6-12-20-11(9-25-12)14(22)23/h9-10H,5-8H2,1-4H3,(H,18,21)(H,19,24)(H,22,23)/t10-,17+/m1/s1. The lowest BCUT2D eigenvalue weighted by atomic mass is 9.65. The number of carboxylic acid groups (broad SMARTS) is 1. The quantitative estimate of drug-likeness (QED) is 0.709. The fraction of sp³-hybridized carbons (Fsp3) is 0.647. The molecule has 2 amide bonds. The minimum atomic E-state index is -1.05. The van der Waals surface area contributed by atoms with E-state index in [2.05, 4.69) is 15.6 Å². The Bertz CT molecular complexity index is 685. The van der Waals surface area contributed by atoms with Gasteiger partial charge >= 0.3 is 5.97 Å². The fourth-order valence-electron chi connectivity index (χ4n) is 3.54. The second-order valence-corrected chi connectivity index (χ2v) is 8.14. The molecule has 1 aromatic heterocycles. The molecule has 1 heterocycles. The molecule has 0 saturated heterocycles. The van der Waals surface area contributed by atoms with Crippen LogP contribution in [-0.2, 0) is 16.0 Å². The van der Waals surface area contributed by atoms with Crippen molar-refractivity contribution in [3.8, 4) is 0 Å². The van der Waals surface area contributed by atoms with Crippen molar-refractivity contribution in [1.82, 2.24) is 15.6 Å². The molecule has 1 fully saturated rings. The van der Waals surface area contributed by atoms with E-state index in [0.29, 0.717) is 30.8 Å². The van der Waals surface area contributed by atoms with Crippen LogP contribution in [0.4, 0.5) is 0 Å². The largest absolute Gasteiger partial charge is 0.476 e. The Morgan fingerprint density at radius 2 is 2.04 bits per heavy atom. The first-order chi connectivity index (χ1) is 11.6. The smallest absolute Gasteiger partial charge is 0.355 e. The second-order valence-electron chi connectivity index (χ2n) is 7.20. The first-order valence-corrected chi connectivity index (χ1v) is 9.19. The number of aromatic carboxylic acids is 1. The summed E-state index contributed by atoms with van der Waals surface area (Å²) in [6.45, 7) is 6.25. The van der Waals surface area contributed by atoms with Crippen LogP contribution in [0.2, 0.25) is 0 Å². The number of amides is 2. The first-order valence-electron chi connectivity index (χ1n) is 8.31. The summed E-state index contributed by atoms with van der Waals surface area (Å²) >= 11 is 1.27. The van der Waals surface area contributed by atoms with Gasteiger partial charge in [-0.05, 0) is 18.3 Å². The zero-order valence-corrected chi connectivity index (χ0v) is 15.8. The summed E-state index contributed by atoms with van der Waals surface area (Å²) in [5.41, 5.74) is -1.04. The maximum Gasteiger partial charge on any atom is 0.355 e. The minimum Gasteiger partial charge on any atom is -0.476 e. The molecule has 0 spiro atoms. The van der Waals surface area contributed by atoms with Gasteiger partial charge in [-0.2, -0.15) is 0 Å². The monoisotopic (exact) mass is 367 g/mol. The third-order valence-electron chi connectivity index (χ3n) is 5.69. The average Bonchev–Trinajstić information content (AvgIpc) is 3.11. The van der Waals surface area contributed by atoms with Gasteiger partial charge in [0.1, 0.15) is 0 Å². The molecule has 0 aliphatic heterocycles. The fourth-order valence-corrected chi connectivity index (χ4v) is 4.31. The molecule has 2 rings (SSSR count). The van der Waals surface area contributed by atoms with Gasteiger partial charge in [-0.3, -0.25) is 9.59 Å². The van der Waals surface area contributed by atoms with Gasteiger partial charge in [0.15, 0.2) is 5.69 Å². The van der Waals surface area contributed by atoms with Crippen LogP contribution in [0.5, 0.6) is 0 Å². The average molecular weight is 367 g/mol. The number of carbonyl (C=O) groups excluding carboxylic acids is 2. The van der Waals surface area contributed by atoms with Crippen LogP contribution in [0.1, 0.15) is 49.1 Å². The van der Waals surface area contributed by atoms with Gasteiger partial charge in [0.25, 0.3) is 0 Å². The van der Waals surface area contributed by atoms with Crippen LogP contribution in [0.15, 0.2) is 5.38 Å². The van der Waals surface area contributed by atoms with Crippen molar-refractivity contribution >= 4 is 29.1 Å². The molecule has 0 aromatic carbocycles. The molecule has 1 aliphatic carbocycles. The molecule has 3 N–H and O–H groups in total. The van der Waals surface area contributed by atoms with Crippen molar-refractivity contribution in [3.05, 3.63) is 16.1 Å². The highest BCUT2D eigenvalue weighted by molar-refractivity contribution is 7.09. The molecule has 1 aromatic rings. The molecule has 0 unspecified atom stereocenters. The molecule has 1 aliphatic rings. The molecule has 0 radical (unpaired) electrons. The van der Waals surface area contributed by atoms with Crippen LogP contribution in [0.25, 0.3) is 0 Å². The Hall–Kier alpha value is -1.96. The van der Waals surface area contributed by atoms with Crippen molar-refractivity contribution in [3.63, 3.8) is 0 Å². The number of hydrogen-bond acceptors (Lipinski definition) is 5. The highest BCUT2D eigenvalue weighted by atomic mass is 32.1. The number of nitrogens with zero attached hydrogens (tertiary/aromatic N) is 1. The number of thiazole rings is 1. The molecular formula is C17H25N3O4S. The van der Waals surface area contributed by atoms with E-state index in [1.165, 1.54) is 16.7 Å². The van der Waals surface area contributed by atoms with E-state index in [1.807, 2.05) is 20.8 Å². The number of aromatic nitrogens is 1. The van der Waals surface area contributed by atoms with Crippen molar-refractivity contribution in [2.75, 3.05) is 13.6 Å². The van der Waals surface area contributed by atoms with Gasteiger partial charge in [0.05, 0.1) is 10.4 Å². The topological polar surface area (TPSA) is 108 Å². The van der Waals surface area contributed by atoms with Gasteiger partial charge in [-0.15, -0.1) is 11.3 Å². The van der Waals surface area contributed by atoms with E-state index in [1.54, 1.807) is 7.05 Å². The predicted octanol–water partition coefficient (Wildman–Crippen LogP) is 1.69. The summed E-state index contributed by atoms with van der Waals surface area (Å²) in [7, 11) is 1.62. The predicted molar refractivity (Wildman–Crippen MR) is 94.5 cm³/mol. The lowest BCUT2D eigenvalue weighted by Crippen LogP contribution is -2.49. The summed E-state index contributed by atoms with van der Waals surface area (Å²) < 4.78 is 0. The number of nitrogens with one attached hydrogen (secondary N) is 2. The Kier molecular flexibility index (Phi) is 5.51. The van der Waals surface area contributed by atoms with Crippen LogP contribution >= 0.6 is 11.3 Å². The van der Waals surface area contributed by atoms with E-state index in [9.17, 15) is 14.4 Å². The maximum atomic E-state index is 12.8. The molecule has 7 nitrogen and oxygen atoms in total. The second kappa shape index (κ2) is 7.11. The van der Waals surface area contributed by atoms with E-state index >= 15 is 0 Å². The number of carboxylic acids is 1. The van der Waals surface area contributed by atoms with Crippen molar-refractivity contribution in [2.24, 2.45) is 16.7 Å². The van der Waals surface area contributed by atoms with Gasteiger partial charge in [0, 0.05) is 31.3 Å². The zero-order chi connectivity index (χ0) is 18.8. The van der Waals surface area contributed by atoms with Crippen molar-refractivity contribution in [1.29, 1.82) is 0 Å². The first kappa shape index (κ1) is 19.4. The lowest BCUT2D eigenvalue weighted by Gasteiger charge is -2.39. The molecule has 8 heteroatoms. The SMILES string of the molecule is CNC(=O)[C@H]1CC[C@@](C)(C(=O)NCCc2nc(C(=O)O)cs2)C1(C)C. The number of carbonyl (C=O) groups is 3. The van der Waals surface area contributed by atoms with E-state index in [0.717, 1.165) is 0 Å². The molecule has 138 valence electrons. The van der Waals surface area contributed by atoms with Crippen LogP contribution in [0, 0.1) is 16.7 Å². The highest BCUT2D eigenvalue weighted by Crippen LogP contribution is 2.56. The lowest BCUT2D eigenvalue weighted by molar-refractivity contribution is -0.138. The van der Waals surface area contributed by atoms with E-state index in [4.69, 9.17) is 5.11 Å². The van der Waals surface area contributed by atoms with Crippen LogP contribution < -0.4 is 10.6 Å². The number of rotatable bonds is 6. The Morgan fingerprint density at radius 3 is 2.60 bits per heavy atom. The minimum absolute atomic E-state index is 0.0227. The molecular weight excluding hydrogens is 342 g/mol. The summed E-state index contributed by atoms with van der Waals surface area (Å²) in [6.07, 6.45) is 1.83. The third-order valence-corrected chi connectivity index (χ3v) is 6.59. The molecule has 1 saturated carbocycles. The normalized spacial score (nSPS) is 24.7.